The highest BCUT2D eigenvalue weighted by molar-refractivity contribution is 5.93. The number of hydrogen-bond donors (Lipinski definition) is 1. The first-order valence-electron chi connectivity index (χ1n) is 8.89. The second kappa shape index (κ2) is 8.56. The van der Waals surface area contributed by atoms with E-state index in [4.69, 9.17) is 9.15 Å². The van der Waals surface area contributed by atoms with Crippen molar-refractivity contribution in [2.24, 2.45) is 5.92 Å². The summed E-state index contributed by atoms with van der Waals surface area (Å²) >= 11 is 0. The van der Waals surface area contributed by atoms with E-state index in [-0.39, 0.29) is 18.4 Å². The van der Waals surface area contributed by atoms with Crippen molar-refractivity contribution < 1.29 is 18.7 Å². The molecule has 0 spiro atoms. The van der Waals surface area contributed by atoms with Crippen molar-refractivity contribution in [1.29, 1.82) is 0 Å². The summed E-state index contributed by atoms with van der Waals surface area (Å²) in [5, 5.41) is 2.93. The number of benzene rings is 1. The maximum Gasteiger partial charge on any atom is 0.257 e. The Bertz CT molecular complexity index is 734. The molecule has 2 heterocycles. The molecule has 26 heavy (non-hydrogen) atoms. The summed E-state index contributed by atoms with van der Waals surface area (Å²) in [5.74, 6) is 0.966. The smallest absolute Gasteiger partial charge is 0.257 e. The SMILES string of the molecule is Cc1cccc(OCC(=O)NCC2CCN(C(=O)c3ccoc3)CC2)c1. The van der Waals surface area contributed by atoms with E-state index >= 15 is 0 Å². The van der Waals surface area contributed by atoms with Gasteiger partial charge >= 0.3 is 0 Å². The summed E-state index contributed by atoms with van der Waals surface area (Å²) in [6.45, 7) is 4.01. The zero-order valence-electron chi connectivity index (χ0n) is 14.9. The third-order valence-electron chi connectivity index (χ3n) is 4.62. The Balaban J connectivity index is 1.35. The Hall–Kier alpha value is -2.76. The second-order valence-electron chi connectivity index (χ2n) is 6.66. The zero-order valence-corrected chi connectivity index (χ0v) is 14.9. The van der Waals surface area contributed by atoms with Crippen LogP contribution in [0.15, 0.2) is 47.3 Å². The molecule has 1 aliphatic heterocycles. The molecule has 2 amide bonds. The predicted octanol–water partition coefficient (Wildman–Crippen LogP) is 2.64. The van der Waals surface area contributed by atoms with Crippen LogP contribution in [0.2, 0.25) is 0 Å². The van der Waals surface area contributed by atoms with Crippen LogP contribution in [0.3, 0.4) is 0 Å². The van der Waals surface area contributed by atoms with Gasteiger partial charge in [-0.05, 0) is 49.4 Å². The van der Waals surface area contributed by atoms with E-state index in [0.29, 0.717) is 36.9 Å². The molecule has 1 N–H and O–H groups in total. The van der Waals surface area contributed by atoms with Crippen LogP contribution in [-0.4, -0.2) is 43.0 Å². The first-order valence-corrected chi connectivity index (χ1v) is 8.89. The number of carbonyl (C=O) groups is 2. The highest BCUT2D eigenvalue weighted by Crippen LogP contribution is 2.18. The van der Waals surface area contributed by atoms with Gasteiger partial charge in [-0.25, -0.2) is 0 Å². The number of hydrogen-bond acceptors (Lipinski definition) is 4. The normalized spacial score (nSPS) is 14.9. The minimum absolute atomic E-state index is 0.00721. The molecule has 0 saturated carbocycles. The first-order chi connectivity index (χ1) is 12.6. The Kier molecular flexibility index (Phi) is 5.94. The molecule has 1 saturated heterocycles. The third kappa shape index (κ3) is 4.88. The number of aryl methyl sites for hydroxylation is 1. The van der Waals surface area contributed by atoms with Crippen LogP contribution in [0.5, 0.6) is 5.75 Å². The average Bonchev–Trinajstić information content (AvgIpc) is 3.19. The summed E-state index contributed by atoms with van der Waals surface area (Å²) in [6.07, 6.45) is 4.74. The summed E-state index contributed by atoms with van der Waals surface area (Å²) in [5.41, 5.74) is 1.68. The lowest BCUT2D eigenvalue weighted by molar-refractivity contribution is -0.123. The van der Waals surface area contributed by atoms with Gasteiger partial charge in [0.2, 0.25) is 0 Å². The molecule has 2 aromatic rings. The van der Waals surface area contributed by atoms with Gasteiger partial charge in [0, 0.05) is 19.6 Å². The lowest BCUT2D eigenvalue weighted by Gasteiger charge is -2.31. The van der Waals surface area contributed by atoms with Gasteiger partial charge in [0.25, 0.3) is 11.8 Å². The second-order valence-corrected chi connectivity index (χ2v) is 6.66. The molecule has 0 unspecified atom stereocenters. The van der Waals surface area contributed by atoms with Crippen molar-refractivity contribution in [2.45, 2.75) is 19.8 Å². The Labute approximate surface area is 153 Å². The largest absolute Gasteiger partial charge is 0.484 e. The van der Waals surface area contributed by atoms with Gasteiger partial charge in [-0.2, -0.15) is 0 Å². The summed E-state index contributed by atoms with van der Waals surface area (Å²) in [4.78, 5) is 26.1. The van der Waals surface area contributed by atoms with E-state index in [2.05, 4.69) is 5.32 Å². The van der Waals surface area contributed by atoms with Crippen LogP contribution >= 0.6 is 0 Å². The van der Waals surface area contributed by atoms with Gasteiger partial charge < -0.3 is 19.4 Å². The molecule has 138 valence electrons. The van der Waals surface area contributed by atoms with Crippen molar-refractivity contribution in [3.05, 3.63) is 54.0 Å². The third-order valence-corrected chi connectivity index (χ3v) is 4.62. The molecule has 0 radical (unpaired) electrons. The minimum Gasteiger partial charge on any atom is -0.484 e. The van der Waals surface area contributed by atoms with E-state index in [9.17, 15) is 9.59 Å². The van der Waals surface area contributed by atoms with Gasteiger partial charge in [-0.1, -0.05) is 12.1 Å². The van der Waals surface area contributed by atoms with Crippen LogP contribution in [0, 0.1) is 12.8 Å². The molecule has 0 bridgehead atoms. The molecule has 0 atom stereocenters. The number of furan rings is 1. The van der Waals surface area contributed by atoms with E-state index in [1.165, 1.54) is 12.5 Å². The number of ether oxygens (including phenoxy) is 1. The van der Waals surface area contributed by atoms with Crippen molar-refractivity contribution in [3.8, 4) is 5.75 Å². The summed E-state index contributed by atoms with van der Waals surface area (Å²) in [7, 11) is 0. The Morgan fingerprint density at radius 2 is 2.08 bits per heavy atom. The Morgan fingerprint density at radius 1 is 1.27 bits per heavy atom. The number of piperidine rings is 1. The number of carbonyl (C=O) groups excluding carboxylic acids is 2. The number of nitrogens with one attached hydrogen (secondary N) is 1. The fourth-order valence-electron chi connectivity index (χ4n) is 3.07. The Morgan fingerprint density at radius 3 is 2.77 bits per heavy atom. The van der Waals surface area contributed by atoms with Gasteiger partial charge in [0.1, 0.15) is 12.0 Å². The molecule has 1 aromatic carbocycles. The molecular formula is C20H24N2O4. The predicted molar refractivity (Wildman–Crippen MR) is 97.0 cm³/mol. The molecule has 1 aromatic heterocycles. The van der Waals surface area contributed by atoms with Crippen LogP contribution < -0.4 is 10.1 Å². The zero-order chi connectivity index (χ0) is 18.4. The van der Waals surface area contributed by atoms with Crippen molar-refractivity contribution in [1.82, 2.24) is 10.2 Å². The molecule has 0 aliphatic carbocycles. The highest BCUT2D eigenvalue weighted by Gasteiger charge is 2.24. The quantitative estimate of drug-likeness (QED) is 0.864. The first kappa shape index (κ1) is 18.0. The van der Waals surface area contributed by atoms with Crippen LogP contribution in [0.25, 0.3) is 0 Å². The van der Waals surface area contributed by atoms with E-state index in [0.717, 1.165) is 18.4 Å². The van der Waals surface area contributed by atoms with E-state index < -0.39 is 0 Å². The van der Waals surface area contributed by atoms with Gasteiger partial charge in [-0.15, -0.1) is 0 Å². The number of likely N-dealkylation sites (tertiary alicyclic amines) is 1. The maximum absolute atomic E-state index is 12.3. The number of rotatable bonds is 6. The standard InChI is InChI=1S/C20H24N2O4/c1-15-3-2-4-18(11-15)26-14-19(23)21-12-16-5-8-22(9-6-16)20(24)17-7-10-25-13-17/h2-4,7,10-11,13,16H,5-6,8-9,12,14H2,1H3,(H,21,23). The molecule has 3 rings (SSSR count). The topological polar surface area (TPSA) is 71.8 Å². The van der Waals surface area contributed by atoms with E-state index in [1.807, 2.05) is 36.1 Å². The van der Waals surface area contributed by atoms with Crippen LogP contribution in [0.1, 0.15) is 28.8 Å². The fourth-order valence-corrected chi connectivity index (χ4v) is 3.07. The van der Waals surface area contributed by atoms with Gasteiger partial charge in [0.15, 0.2) is 6.61 Å². The van der Waals surface area contributed by atoms with E-state index in [1.54, 1.807) is 6.07 Å². The molecule has 1 aliphatic rings. The van der Waals surface area contributed by atoms with Crippen molar-refractivity contribution in [2.75, 3.05) is 26.2 Å². The highest BCUT2D eigenvalue weighted by atomic mass is 16.5. The lowest BCUT2D eigenvalue weighted by atomic mass is 9.96. The van der Waals surface area contributed by atoms with Crippen molar-refractivity contribution in [3.63, 3.8) is 0 Å². The van der Waals surface area contributed by atoms with Crippen LogP contribution in [0.4, 0.5) is 0 Å². The lowest BCUT2D eigenvalue weighted by Crippen LogP contribution is -2.42. The molecule has 6 heteroatoms. The fraction of sp³-hybridized carbons (Fsp3) is 0.400. The molecule has 1 fully saturated rings. The average molecular weight is 356 g/mol. The molecule has 6 nitrogen and oxygen atoms in total. The summed E-state index contributed by atoms with van der Waals surface area (Å²) in [6, 6.07) is 9.31. The van der Waals surface area contributed by atoms with Gasteiger partial charge in [-0.3, -0.25) is 9.59 Å². The number of nitrogens with zero attached hydrogens (tertiary/aromatic N) is 1. The monoisotopic (exact) mass is 356 g/mol. The maximum atomic E-state index is 12.3. The van der Waals surface area contributed by atoms with Crippen molar-refractivity contribution >= 4 is 11.8 Å². The van der Waals surface area contributed by atoms with Crippen LogP contribution in [-0.2, 0) is 4.79 Å². The molecular weight excluding hydrogens is 332 g/mol. The minimum atomic E-state index is -0.122. The number of amides is 2. The summed E-state index contributed by atoms with van der Waals surface area (Å²) < 4.78 is 10.5. The van der Waals surface area contributed by atoms with Gasteiger partial charge in [0.05, 0.1) is 11.8 Å².